The van der Waals surface area contributed by atoms with Crippen molar-refractivity contribution in [1.82, 2.24) is 10.2 Å². The first kappa shape index (κ1) is 14.3. The topological polar surface area (TPSA) is 15.3 Å². The zero-order valence-electron chi connectivity index (χ0n) is 11.2. The van der Waals surface area contributed by atoms with E-state index in [2.05, 4.69) is 64.0 Å². The fourth-order valence-corrected chi connectivity index (χ4v) is 2.90. The second-order valence-corrected chi connectivity index (χ2v) is 6.40. The summed E-state index contributed by atoms with van der Waals surface area (Å²) in [7, 11) is 0. The molecule has 2 nitrogen and oxygen atoms in total. The van der Waals surface area contributed by atoms with E-state index in [1.807, 2.05) is 0 Å². The highest BCUT2D eigenvalue weighted by atomic mass is 127. The minimum Gasteiger partial charge on any atom is -0.317 e. The molecule has 0 unspecified atom stereocenters. The minimum absolute atomic E-state index is 0.887. The molecule has 0 radical (unpaired) electrons. The fourth-order valence-electron chi connectivity index (χ4n) is 2.55. The van der Waals surface area contributed by atoms with Gasteiger partial charge in [-0.05, 0) is 85.2 Å². The maximum absolute atomic E-state index is 3.47. The summed E-state index contributed by atoms with van der Waals surface area (Å²) in [5, 5.41) is 3.47. The number of halogens is 1. The first-order valence-corrected chi connectivity index (χ1v) is 8.03. The van der Waals surface area contributed by atoms with Crippen LogP contribution in [0.5, 0.6) is 0 Å². The Hall–Kier alpha value is -0.130. The van der Waals surface area contributed by atoms with Crippen molar-refractivity contribution in [3.8, 4) is 0 Å². The van der Waals surface area contributed by atoms with Crippen LogP contribution in [0.4, 0.5) is 0 Å². The monoisotopic (exact) mass is 358 g/mol. The Morgan fingerprint density at radius 2 is 1.89 bits per heavy atom. The van der Waals surface area contributed by atoms with Gasteiger partial charge < -0.3 is 5.32 Å². The summed E-state index contributed by atoms with van der Waals surface area (Å²) < 4.78 is 1.32. The lowest BCUT2D eigenvalue weighted by molar-refractivity contribution is 0.176. The lowest BCUT2D eigenvalue weighted by Crippen LogP contribution is -2.36. The average molecular weight is 358 g/mol. The molecule has 1 aliphatic heterocycles. The van der Waals surface area contributed by atoms with Crippen molar-refractivity contribution in [1.29, 1.82) is 0 Å². The van der Waals surface area contributed by atoms with Crippen LogP contribution in [0.3, 0.4) is 0 Å². The van der Waals surface area contributed by atoms with Gasteiger partial charge >= 0.3 is 0 Å². The molecule has 100 valence electrons. The first-order chi connectivity index (χ1) is 8.78. The van der Waals surface area contributed by atoms with Crippen molar-refractivity contribution in [2.24, 2.45) is 5.92 Å². The van der Waals surface area contributed by atoms with Crippen molar-refractivity contribution in [3.05, 3.63) is 33.4 Å². The predicted octanol–water partition coefficient (Wildman–Crippen LogP) is 3.11. The summed E-state index contributed by atoms with van der Waals surface area (Å²) in [4.78, 5) is 2.59. The highest BCUT2D eigenvalue weighted by Gasteiger charge is 2.18. The van der Waals surface area contributed by atoms with Crippen LogP contribution in [0.1, 0.15) is 25.3 Å². The molecule has 1 fully saturated rings. The molecule has 1 aromatic carbocycles. The van der Waals surface area contributed by atoms with Crippen LogP contribution in [0.2, 0.25) is 0 Å². The smallest absolute Gasteiger partial charge is 0.0233 e. The van der Waals surface area contributed by atoms with Crippen LogP contribution >= 0.6 is 22.6 Å². The minimum atomic E-state index is 0.887. The largest absolute Gasteiger partial charge is 0.317 e. The Morgan fingerprint density at radius 3 is 2.50 bits per heavy atom. The summed E-state index contributed by atoms with van der Waals surface area (Å²) in [6.45, 7) is 8.11. The molecule has 1 saturated heterocycles. The van der Waals surface area contributed by atoms with Gasteiger partial charge in [0.25, 0.3) is 0 Å². The zero-order valence-corrected chi connectivity index (χ0v) is 13.3. The van der Waals surface area contributed by atoms with Crippen LogP contribution < -0.4 is 5.32 Å². The Bertz CT molecular complexity index is 342. The van der Waals surface area contributed by atoms with Gasteiger partial charge in [0, 0.05) is 10.1 Å². The van der Waals surface area contributed by atoms with Crippen molar-refractivity contribution < 1.29 is 0 Å². The quantitative estimate of drug-likeness (QED) is 0.814. The van der Waals surface area contributed by atoms with Crippen LogP contribution in [-0.4, -0.2) is 31.1 Å². The van der Waals surface area contributed by atoms with Crippen molar-refractivity contribution >= 4 is 22.6 Å². The van der Waals surface area contributed by atoms with E-state index in [4.69, 9.17) is 0 Å². The van der Waals surface area contributed by atoms with E-state index < -0.39 is 0 Å². The fraction of sp³-hybridized carbons (Fsp3) is 0.600. The Morgan fingerprint density at radius 1 is 1.22 bits per heavy atom. The second-order valence-electron chi connectivity index (χ2n) is 5.15. The van der Waals surface area contributed by atoms with Crippen LogP contribution in [0.15, 0.2) is 24.3 Å². The number of rotatable bonds is 5. The summed E-state index contributed by atoms with van der Waals surface area (Å²) in [5.41, 5.74) is 1.44. The molecule has 1 aromatic rings. The lowest BCUT2D eigenvalue weighted by atomic mass is 9.96. The number of piperidine rings is 1. The molecule has 1 N–H and O–H groups in total. The number of hydrogen-bond donors (Lipinski definition) is 1. The van der Waals surface area contributed by atoms with Crippen LogP contribution in [0.25, 0.3) is 0 Å². The molecule has 0 saturated carbocycles. The van der Waals surface area contributed by atoms with E-state index in [1.165, 1.54) is 41.6 Å². The average Bonchev–Trinajstić information content (AvgIpc) is 2.41. The second kappa shape index (κ2) is 7.46. The van der Waals surface area contributed by atoms with E-state index >= 15 is 0 Å². The van der Waals surface area contributed by atoms with Crippen LogP contribution in [-0.2, 0) is 6.54 Å². The Labute approximate surface area is 124 Å². The lowest BCUT2D eigenvalue weighted by Gasteiger charge is -2.32. The van der Waals surface area contributed by atoms with Crippen molar-refractivity contribution in [2.75, 3.05) is 26.2 Å². The van der Waals surface area contributed by atoms with E-state index in [0.29, 0.717) is 0 Å². The third kappa shape index (κ3) is 4.52. The van der Waals surface area contributed by atoms with Gasteiger partial charge in [0.1, 0.15) is 0 Å². The summed E-state index contributed by atoms with van der Waals surface area (Å²) in [6, 6.07) is 8.92. The molecule has 0 atom stereocenters. The first-order valence-electron chi connectivity index (χ1n) is 6.95. The molecule has 0 bridgehead atoms. The third-order valence-corrected chi connectivity index (χ3v) is 4.43. The molecule has 0 spiro atoms. The van der Waals surface area contributed by atoms with Gasteiger partial charge in [0.05, 0.1) is 0 Å². The molecule has 0 aliphatic carbocycles. The molecule has 1 heterocycles. The summed E-state index contributed by atoms with van der Waals surface area (Å²) >= 11 is 2.36. The standard InChI is InChI=1S/C15H23IN2/c1-2-17-11-13-7-9-18(10-8-13)12-14-3-5-15(16)6-4-14/h3-6,13,17H,2,7-12H2,1H3. The number of nitrogens with one attached hydrogen (secondary N) is 1. The molecule has 3 heteroatoms. The summed E-state index contributed by atoms with van der Waals surface area (Å²) in [5.74, 6) is 0.887. The maximum Gasteiger partial charge on any atom is 0.0233 e. The molecular formula is C15H23IN2. The van der Waals surface area contributed by atoms with Gasteiger partial charge in [-0.2, -0.15) is 0 Å². The van der Waals surface area contributed by atoms with E-state index in [0.717, 1.165) is 19.0 Å². The van der Waals surface area contributed by atoms with E-state index in [-0.39, 0.29) is 0 Å². The van der Waals surface area contributed by atoms with Gasteiger partial charge in [-0.3, -0.25) is 4.90 Å². The highest BCUT2D eigenvalue weighted by Crippen LogP contribution is 2.18. The van der Waals surface area contributed by atoms with Crippen molar-refractivity contribution in [2.45, 2.75) is 26.3 Å². The molecule has 18 heavy (non-hydrogen) atoms. The molecule has 2 rings (SSSR count). The highest BCUT2D eigenvalue weighted by molar-refractivity contribution is 14.1. The van der Waals surface area contributed by atoms with E-state index in [9.17, 15) is 0 Å². The van der Waals surface area contributed by atoms with Gasteiger partial charge in [-0.1, -0.05) is 19.1 Å². The van der Waals surface area contributed by atoms with Gasteiger partial charge in [-0.25, -0.2) is 0 Å². The molecule has 1 aliphatic rings. The SMILES string of the molecule is CCNCC1CCN(Cc2ccc(I)cc2)CC1. The number of nitrogens with zero attached hydrogens (tertiary/aromatic N) is 1. The number of hydrogen-bond acceptors (Lipinski definition) is 2. The molecule has 0 aromatic heterocycles. The van der Waals surface area contributed by atoms with Gasteiger partial charge in [-0.15, -0.1) is 0 Å². The number of likely N-dealkylation sites (tertiary alicyclic amines) is 1. The molecular weight excluding hydrogens is 335 g/mol. The van der Waals surface area contributed by atoms with Crippen molar-refractivity contribution in [3.63, 3.8) is 0 Å². The van der Waals surface area contributed by atoms with E-state index in [1.54, 1.807) is 0 Å². The van der Waals surface area contributed by atoms with Crippen LogP contribution in [0, 0.1) is 9.49 Å². The number of benzene rings is 1. The molecule has 0 amide bonds. The normalized spacial score (nSPS) is 18.1. The maximum atomic E-state index is 3.47. The Kier molecular flexibility index (Phi) is 5.92. The zero-order chi connectivity index (χ0) is 12.8. The Balaban J connectivity index is 1.74. The van der Waals surface area contributed by atoms with Gasteiger partial charge in [0.15, 0.2) is 0 Å². The third-order valence-electron chi connectivity index (χ3n) is 3.71. The predicted molar refractivity (Wildman–Crippen MR) is 85.7 cm³/mol. The summed E-state index contributed by atoms with van der Waals surface area (Å²) in [6.07, 6.45) is 2.69. The van der Waals surface area contributed by atoms with Gasteiger partial charge in [0.2, 0.25) is 0 Å².